The summed E-state index contributed by atoms with van der Waals surface area (Å²) in [5, 5.41) is 10.7. The Hall–Kier alpha value is -1.89. The monoisotopic (exact) mass is 475 g/mol. The molecule has 3 aromatic rings. The first-order valence-electron chi connectivity index (χ1n) is 9.90. The SMILES string of the molecule is CS(=O)(=O)C(c1cccc(Cl)c1Cl)C1(O)CN(C(c2ccccc2)c2ccccc2)C1. The Bertz CT molecular complexity index is 1120. The molecule has 162 valence electrons. The molecule has 0 amide bonds. The first-order valence-corrected chi connectivity index (χ1v) is 12.6. The van der Waals surface area contributed by atoms with Crippen LogP contribution < -0.4 is 0 Å². The fourth-order valence-corrected chi connectivity index (χ4v) is 6.62. The van der Waals surface area contributed by atoms with Crippen molar-refractivity contribution in [1.29, 1.82) is 0 Å². The number of benzene rings is 3. The molecular formula is C24H23Cl2NO3S. The van der Waals surface area contributed by atoms with Crippen LogP contribution >= 0.6 is 23.2 Å². The summed E-state index contributed by atoms with van der Waals surface area (Å²) < 4.78 is 25.5. The van der Waals surface area contributed by atoms with Gasteiger partial charge in [-0.1, -0.05) is 96.0 Å². The van der Waals surface area contributed by atoms with E-state index >= 15 is 0 Å². The number of aliphatic hydroxyl groups is 1. The smallest absolute Gasteiger partial charge is 0.157 e. The standard InChI is InChI=1S/C24H23Cl2NO3S/c1-31(29,30)23(19-13-8-14-20(25)21(19)26)24(28)15-27(16-24)22(17-9-4-2-5-10-17)18-11-6-3-7-12-18/h2-14,22-23,28H,15-16H2,1H3. The third kappa shape index (κ3) is 4.38. The number of likely N-dealkylation sites (tertiary alicyclic amines) is 1. The van der Waals surface area contributed by atoms with Crippen molar-refractivity contribution in [2.45, 2.75) is 16.9 Å². The molecule has 0 bridgehead atoms. The molecule has 1 aliphatic rings. The number of β-amino-alcohol motifs (C(OH)–C–C–N with tert-alkyl or cyclic N) is 1. The zero-order valence-corrected chi connectivity index (χ0v) is 19.3. The summed E-state index contributed by atoms with van der Waals surface area (Å²) in [6.45, 7) is 0.365. The minimum Gasteiger partial charge on any atom is -0.385 e. The van der Waals surface area contributed by atoms with Crippen LogP contribution in [0.2, 0.25) is 10.0 Å². The third-order valence-corrected chi connectivity index (χ3v) is 8.11. The van der Waals surface area contributed by atoms with Crippen molar-refractivity contribution in [2.75, 3.05) is 19.3 Å². The van der Waals surface area contributed by atoms with E-state index in [9.17, 15) is 13.5 Å². The molecule has 0 radical (unpaired) electrons. The molecule has 1 saturated heterocycles. The van der Waals surface area contributed by atoms with Crippen molar-refractivity contribution in [3.8, 4) is 0 Å². The number of halogens is 2. The van der Waals surface area contributed by atoms with Crippen LogP contribution in [-0.4, -0.2) is 43.4 Å². The van der Waals surface area contributed by atoms with Crippen molar-refractivity contribution in [1.82, 2.24) is 4.90 Å². The van der Waals surface area contributed by atoms with Gasteiger partial charge < -0.3 is 5.11 Å². The van der Waals surface area contributed by atoms with Crippen molar-refractivity contribution < 1.29 is 13.5 Å². The van der Waals surface area contributed by atoms with Gasteiger partial charge in [0.05, 0.1) is 16.1 Å². The topological polar surface area (TPSA) is 57.6 Å². The van der Waals surface area contributed by atoms with Crippen LogP contribution in [0.25, 0.3) is 0 Å². The van der Waals surface area contributed by atoms with Gasteiger partial charge in [0.2, 0.25) is 0 Å². The molecule has 0 aromatic heterocycles. The second-order valence-corrected chi connectivity index (χ2v) is 11.0. The van der Waals surface area contributed by atoms with Crippen LogP contribution in [-0.2, 0) is 9.84 Å². The summed E-state index contributed by atoms with van der Waals surface area (Å²) in [5.74, 6) is 0. The maximum atomic E-state index is 12.8. The molecule has 0 aliphatic carbocycles. The Morgan fingerprint density at radius 1 is 0.871 bits per heavy atom. The lowest BCUT2D eigenvalue weighted by molar-refractivity contribution is -0.112. The molecule has 4 nitrogen and oxygen atoms in total. The van der Waals surface area contributed by atoms with Gasteiger partial charge in [0.15, 0.2) is 9.84 Å². The average molecular weight is 476 g/mol. The van der Waals surface area contributed by atoms with E-state index in [1.165, 1.54) is 0 Å². The van der Waals surface area contributed by atoms with E-state index in [-0.39, 0.29) is 29.2 Å². The quantitative estimate of drug-likeness (QED) is 0.549. The second-order valence-electron chi connectivity index (χ2n) is 8.09. The van der Waals surface area contributed by atoms with Gasteiger partial charge in [0, 0.05) is 19.3 Å². The van der Waals surface area contributed by atoms with Crippen LogP contribution in [0.1, 0.15) is 28.0 Å². The lowest BCUT2D eigenvalue weighted by atomic mass is 9.82. The number of nitrogens with zero attached hydrogens (tertiary/aromatic N) is 1. The van der Waals surface area contributed by atoms with E-state index in [2.05, 4.69) is 4.90 Å². The highest BCUT2D eigenvalue weighted by atomic mass is 35.5. The number of sulfone groups is 1. The zero-order chi connectivity index (χ0) is 22.2. The zero-order valence-electron chi connectivity index (χ0n) is 16.9. The predicted molar refractivity (Wildman–Crippen MR) is 125 cm³/mol. The molecular weight excluding hydrogens is 453 g/mol. The fourth-order valence-electron chi connectivity index (χ4n) is 4.53. The van der Waals surface area contributed by atoms with Crippen molar-refractivity contribution in [2.24, 2.45) is 0 Å². The Morgan fingerprint density at radius 2 is 1.39 bits per heavy atom. The normalized spacial score (nSPS) is 17.3. The van der Waals surface area contributed by atoms with Gasteiger partial charge in [0.25, 0.3) is 0 Å². The van der Waals surface area contributed by atoms with E-state index < -0.39 is 20.7 Å². The van der Waals surface area contributed by atoms with Gasteiger partial charge in [-0.15, -0.1) is 0 Å². The number of rotatable bonds is 6. The highest BCUT2D eigenvalue weighted by Crippen LogP contribution is 2.46. The highest BCUT2D eigenvalue weighted by Gasteiger charge is 2.54. The van der Waals surface area contributed by atoms with Crippen LogP contribution in [0.4, 0.5) is 0 Å². The van der Waals surface area contributed by atoms with Gasteiger partial charge in [-0.05, 0) is 22.8 Å². The Balaban J connectivity index is 1.70. The Kier molecular flexibility index (Phi) is 6.16. The Labute approximate surface area is 193 Å². The molecule has 0 spiro atoms. The maximum absolute atomic E-state index is 12.8. The summed E-state index contributed by atoms with van der Waals surface area (Å²) in [5.41, 5.74) is 0.999. The minimum absolute atomic E-state index is 0.0993. The summed E-state index contributed by atoms with van der Waals surface area (Å²) in [4.78, 5) is 2.08. The molecule has 1 N–H and O–H groups in total. The first-order chi connectivity index (χ1) is 14.7. The highest BCUT2D eigenvalue weighted by molar-refractivity contribution is 7.91. The van der Waals surface area contributed by atoms with Crippen molar-refractivity contribution in [3.63, 3.8) is 0 Å². The van der Waals surface area contributed by atoms with Crippen LogP contribution in [0, 0.1) is 0 Å². The summed E-state index contributed by atoms with van der Waals surface area (Å²) in [6.07, 6.45) is 1.13. The lowest BCUT2D eigenvalue weighted by Gasteiger charge is -2.53. The van der Waals surface area contributed by atoms with E-state index in [4.69, 9.17) is 23.2 Å². The third-order valence-electron chi connectivity index (χ3n) is 5.73. The summed E-state index contributed by atoms with van der Waals surface area (Å²) >= 11 is 12.5. The largest absolute Gasteiger partial charge is 0.385 e. The predicted octanol–water partition coefficient (Wildman–Crippen LogP) is 4.92. The van der Waals surface area contributed by atoms with Gasteiger partial charge in [0.1, 0.15) is 10.9 Å². The molecule has 1 unspecified atom stereocenters. The van der Waals surface area contributed by atoms with E-state index in [0.29, 0.717) is 5.56 Å². The number of hydrogen-bond acceptors (Lipinski definition) is 4. The van der Waals surface area contributed by atoms with Gasteiger partial charge in [-0.25, -0.2) is 8.42 Å². The first kappa shape index (κ1) is 22.3. The molecule has 3 aromatic carbocycles. The van der Waals surface area contributed by atoms with Gasteiger partial charge in [-0.3, -0.25) is 4.90 Å². The molecule has 31 heavy (non-hydrogen) atoms. The molecule has 7 heteroatoms. The van der Waals surface area contributed by atoms with Gasteiger partial charge in [-0.2, -0.15) is 0 Å². The van der Waals surface area contributed by atoms with E-state index in [1.807, 2.05) is 60.7 Å². The van der Waals surface area contributed by atoms with Gasteiger partial charge >= 0.3 is 0 Å². The summed E-state index contributed by atoms with van der Waals surface area (Å²) in [7, 11) is -3.67. The maximum Gasteiger partial charge on any atom is 0.157 e. The molecule has 4 rings (SSSR count). The average Bonchev–Trinajstić information content (AvgIpc) is 2.71. The minimum atomic E-state index is -3.67. The molecule has 0 saturated carbocycles. The van der Waals surface area contributed by atoms with Crippen LogP contribution in [0.15, 0.2) is 78.9 Å². The van der Waals surface area contributed by atoms with E-state index in [1.54, 1.807) is 18.2 Å². The van der Waals surface area contributed by atoms with Crippen LogP contribution in [0.3, 0.4) is 0 Å². The van der Waals surface area contributed by atoms with Crippen LogP contribution in [0.5, 0.6) is 0 Å². The molecule has 1 aliphatic heterocycles. The molecule has 1 heterocycles. The molecule has 1 fully saturated rings. The number of hydrogen-bond donors (Lipinski definition) is 1. The second kappa shape index (κ2) is 8.57. The lowest BCUT2D eigenvalue weighted by Crippen LogP contribution is -2.66. The molecule has 1 atom stereocenters. The van der Waals surface area contributed by atoms with Crippen molar-refractivity contribution in [3.05, 3.63) is 106 Å². The van der Waals surface area contributed by atoms with Crippen molar-refractivity contribution >= 4 is 33.0 Å². The Morgan fingerprint density at radius 3 is 1.87 bits per heavy atom. The fraction of sp³-hybridized carbons (Fsp3) is 0.250. The van der Waals surface area contributed by atoms with E-state index in [0.717, 1.165) is 17.4 Å². The summed E-state index contributed by atoms with van der Waals surface area (Å²) in [6, 6.07) is 24.7.